The summed E-state index contributed by atoms with van der Waals surface area (Å²) < 4.78 is 11.0. The summed E-state index contributed by atoms with van der Waals surface area (Å²) in [4.78, 5) is 12.2. The van der Waals surface area contributed by atoms with E-state index in [2.05, 4.69) is 22.8 Å². The lowest BCUT2D eigenvalue weighted by molar-refractivity contribution is 0.0987. The molecule has 1 aliphatic rings. The molecule has 0 spiro atoms. The second kappa shape index (κ2) is 7.95. The topological polar surface area (TPSA) is 59.6 Å². The van der Waals surface area contributed by atoms with Gasteiger partial charge < -0.3 is 20.1 Å². The van der Waals surface area contributed by atoms with E-state index >= 15 is 0 Å². The molecule has 5 heteroatoms. The fourth-order valence-electron chi connectivity index (χ4n) is 2.67. The number of Topliss-reactive ketones (excluding diaryl/α,β-unsaturated/α-hetero) is 1. The average molecular weight is 326 g/mol. The molecule has 0 radical (unpaired) electrons. The molecule has 1 unspecified atom stereocenters. The smallest absolute Gasteiger partial charge is 0.176 e. The second-order valence-corrected chi connectivity index (χ2v) is 5.70. The molecule has 0 saturated carbocycles. The molecule has 5 nitrogen and oxygen atoms in total. The Morgan fingerprint density at radius 2 is 2.12 bits per heavy atom. The summed E-state index contributed by atoms with van der Waals surface area (Å²) in [5, 5.41) is 6.43. The number of ketones is 1. The molecular formula is C19H22N2O3. The van der Waals surface area contributed by atoms with Gasteiger partial charge in [-0.2, -0.15) is 0 Å². The Bertz CT molecular complexity index is 688. The van der Waals surface area contributed by atoms with Crippen molar-refractivity contribution in [2.75, 3.05) is 38.7 Å². The van der Waals surface area contributed by atoms with Gasteiger partial charge in [0, 0.05) is 19.2 Å². The lowest BCUT2D eigenvalue weighted by Crippen LogP contribution is -2.27. The van der Waals surface area contributed by atoms with E-state index in [0.717, 1.165) is 17.0 Å². The van der Waals surface area contributed by atoms with Crippen LogP contribution in [-0.2, 0) is 4.74 Å². The minimum absolute atomic E-state index is 0.0176. The van der Waals surface area contributed by atoms with Gasteiger partial charge in [0.1, 0.15) is 11.9 Å². The minimum atomic E-state index is -0.0176. The van der Waals surface area contributed by atoms with Crippen LogP contribution < -0.4 is 15.4 Å². The molecule has 2 aromatic rings. The summed E-state index contributed by atoms with van der Waals surface area (Å²) >= 11 is 0. The Balaban J connectivity index is 1.64. The first-order valence-electron chi connectivity index (χ1n) is 8.10. The molecule has 1 atom stereocenters. The minimum Gasteiger partial charge on any atom is -0.482 e. The largest absolute Gasteiger partial charge is 0.482 e. The van der Waals surface area contributed by atoms with Gasteiger partial charge in [-0.3, -0.25) is 4.79 Å². The fraction of sp³-hybridized carbons (Fsp3) is 0.316. The summed E-state index contributed by atoms with van der Waals surface area (Å²) in [7, 11) is 1.64. The van der Waals surface area contributed by atoms with Crippen LogP contribution in [0.15, 0.2) is 48.5 Å². The van der Waals surface area contributed by atoms with Gasteiger partial charge in [-0.15, -0.1) is 0 Å². The second-order valence-electron chi connectivity index (χ2n) is 5.70. The van der Waals surface area contributed by atoms with Crippen molar-refractivity contribution in [3.05, 3.63) is 59.7 Å². The summed E-state index contributed by atoms with van der Waals surface area (Å²) in [6, 6.07) is 15.7. The predicted molar refractivity (Wildman–Crippen MR) is 93.8 cm³/mol. The van der Waals surface area contributed by atoms with Gasteiger partial charge in [-0.25, -0.2) is 0 Å². The third kappa shape index (κ3) is 3.93. The van der Waals surface area contributed by atoms with Crippen molar-refractivity contribution >= 4 is 11.5 Å². The molecule has 2 N–H and O–H groups in total. The van der Waals surface area contributed by atoms with Crippen molar-refractivity contribution in [3.63, 3.8) is 0 Å². The Kier molecular flexibility index (Phi) is 5.46. The van der Waals surface area contributed by atoms with E-state index in [0.29, 0.717) is 31.8 Å². The van der Waals surface area contributed by atoms with Crippen LogP contribution in [0.3, 0.4) is 0 Å². The summed E-state index contributed by atoms with van der Waals surface area (Å²) in [6.45, 7) is 2.23. The van der Waals surface area contributed by atoms with E-state index in [4.69, 9.17) is 9.47 Å². The zero-order chi connectivity index (χ0) is 16.8. The van der Waals surface area contributed by atoms with Crippen LogP contribution in [0.25, 0.3) is 0 Å². The number of benzene rings is 2. The maximum absolute atomic E-state index is 12.2. The van der Waals surface area contributed by atoms with E-state index < -0.39 is 0 Å². The molecule has 0 fully saturated rings. The number of ether oxygens (including phenoxy) is 2. The predicted octanol–water partition coefficient (Wildman–Crippen LogP) is 2.65. The number of rotatable bonds is 7. The number of nitrogens with one attached hydrogen (secondary N) is 2. The SMILES string of the molecule is COCCNCC(=O)c1ccc2c(c1)NCC(c1ccccc1)O2. The highest BCUT2D eigenvalue weighted by molar-refractivity contribution is 5.98. The van der Waals surface area contributed by atoms with Crippen LogP contribution >= 0.6 is 0 Å². The lowest BCUT2D eigenvalue weighted by Gasteiger charge is -2.28. The van der Waals surface area contributed by atoms with Crippen LogP contribution in [0.4, 0.5) is 5.69 Å². The van der Waals surface area contributed by atoms with Gasteiger partial charge in [0.2, 0.25) is 0 Å². The highest BCUT2D eigenvalue weighted by Gasteiger charge is 2.21. The lowest BCUT2D eigenvalue weighted by atomic mass is 10.1. The van der Waals surface area contributed by atoms with E-state index in [1.54, 1.807) is 7.11 Å². The summed E-state index contributed by atoms with van der Waals surface area (Å²) in [6.07, 6.45) is -0.0176. The first kappa shape index (κ1) is 16.5. The van der Waals surface area contributed by atoms with Crippen molar-refractivity contribution in [1.29, 1.82) is 0 Å². The standard InChI is InChI=1S/C19H22N2O3/c1-23-10-9-20-12-17(22)15-7-8-18-16(11-15)21-13-19(24-18)14-5-3-2-4-6-14/h2-8,11,19-21H,9-10,12-13H2,1H3. The molecule has 1 aliphatic heterocycles. The van der Waals surface area contributed by atoms with Crippen molar-refractivity contribution < 1.29 is 14.3 Å². The number of hydrogen-bond donors (Lipinski definition) is 2. The van der Waals surface area contributed by atoms with Crippen molar-refractivity contribution in [3.8, 4) is 5.75 Å². The Hall–Kier alpha value is -2.37. The average Bonchev–Trinajstić information content (AvgIpc) is 2.65. The Labute approximate surface area is 142 Å². The van der Waals surface area contributed by atoms with E-state index in [1.807, 2.05) is 36.4 Å². The maximum atomic E-state index is 12.2. The molecule has 0 aliphatic carbocycles. The summed E-state index contributed by atoms with van der Waals surface area (Å²) in [5.74, 6) is 0.833. The van der Waals surface area contributed by atoms with Gasteiger partial charge in [0.05, 0.1) is 25.4 Å². The van der Waals surface area contributed by atoms with Gasteiger partial charge in [0.15, 0.2) is 5.78 Å². The van der Waals surface area contributed by atoms with Gasteiger partial charge in [-0.1, -0.05) is 30.3 Å². The number of carbonyl (C=O) groups is 1. The number of hydrogen-bond acceptors (Lipinski definition) is 5. The van der Waals surface area contributed by atoms with Crippen molar-refractivity contribution in [2.45, 2.75) is 6.10 Å². The monoisotopic (exact) mass is 326 g/mol. The molecule has 0 bridgehead atoms. The quantitative estimate of drug-likeness (QED) is 0.605. The van der Waals surface area contributed by atoms with Gasteiger partial charge in [0.25, 0.3) is 0 Å². The van der Waals surface area contributed by atoms with Crippen LogP contribution in [0, 0.1) is 0 Å². The van der Waals surface area contributed by atoms with Crippen LogP contribution in [-0.4, -0.2) is 39.1 Å². The molecule has 2 aromatic carbocycles. The zero-order valence-electron chi connectivity index (χ0n) is 13.7. The molecule has 126 valence electrons. The maximum Gasteiger partial charge on any atom is 0.176 e. The zero-order valence-corrected chi connectivity index (χ0v) is 13.7. The third-order valence-electron chi connectivity index (χ3n) is 3.99. The highest BCUT2D eigenvalue weighted by Crippen LogP contribution is 2.34. The van der Waals surface area contributed by atoms with E-state index in [9.17, 15) is 4.79 Å². The Morgan fingerprint density at radius 3 is 2.92 bits per heavy atom. The van der Waals surface area contributed by atoms with Gasteiger partial charge >= 0.3 is 0 Å². The molecule has 0 amide bonds. The number of carbonyl (C=O) groups excluding carboxylic acids is 1. The molecule has 0 aromatic heterocycles. The highest BCUT2D eigenvalue weighted by atomic mass is 16.5. The van der Waals surface area contributed by atoms with Gasteiger partial charge in [-0.05, 0) is 23.8 Å². The fourth-order valence-corrected chi connectivity index (χ4v) is 2.67. The number of anilines is 1. The number of methoxy groups -OCH3 is 1. The Morgan fingerprint density at radius 1 is 1.29 bits per heavy atom. The normalized spacial score (nSPS) is 16.0. The molecule has 0 saturated heterocycles. The van der Waals surface area contributed by atoms with Crippen molar-refractivity contribution in [2.24, 2.45) is 0 Å². The molecule has 24 heavy (non-hydrogen) atoms. The van der Waals surface area contributed by atoms with E-state index in [1.165, 1.54) is 0 Å². The third-order valence-corrected chi connectivity index (χ3v) is 3.99. The first-order valence-corrected chi connectivity index (χ1v) is 8.10. The number of fused-ring (bicyclic) bond motifs is 1. The molecule has 1 heterocycles. The molecule has 3 rings (SSSR count). The first-order chi connectivity index (χ1) is 11.8. The van der Waals surface area contributed by atoms with Crippen LogP contribution in [0.2, 0.25) is 0 Å². The van der Waals surface area contributed by atoms with Crippen LogP contribution in [0.5, 0.6) is 5.75 Å². The molecular weight excluding hydrogens is 304 g/mol. The summed E-state index contributed by atoms with van der Waals surface area (Å²) in [5.41, 5.74) is 2.68. The van der Waals surface area contributed by atoms with Crippen LogP contribution in [0.1, 0.15) is 22.0 Å². The van der Waals surface area contributed by atoms with E-state index in [-0.39, 0.29) is 11.9 Å². The van der Waals surface area contributed by atoms with Crippen molar-refractivity contribution in [1.82, 2.24) is 5.32 Å².